The molecular formula is C15H14Br2O. The van der Waals surface area contributed by atoms with Crippen molar-refractivity contribution in [1.29, 1.82) is 0 Å². The van der Waals surface area contributed by atoms with Crippen molar-refractivity contribution in [2.45, 2.75) is 19.4 Å². The van der Waals surface area contributed by atoms with E-state index in [1.165, 1.54) is 0 Å². The highest BCUT2D eigenvalue weighted by atomic mass is 79.9. The maximum Gasteiger partial charge on any atom is 0.0841 e. The topological polar surface area (TPSA) is 20.2 Å². The van der Waals surface area contributed by atoms with Crippen LogP contribution in [0.5, 0.6) is 0 Å². The predicted octanol–water partition coefficient (Wildman–Crippen LogP) is 4.80. The van der Waals surface area contributed by atoms with Gasteiger partial charge in [-0.1, -0.05) is 62.2 Å². The van der Waals surface area contributed by atoms with E-state index in [9.17, 15) is 5.11 Å². The molecule has 0 spiro atoms. The molecule has 0 aliphatic heterocycles. The summed E-state index contributed by atoms with van der Waals surface area (Å²) in [4.78, 5) is 0. The Morgan fingerprint density at radius 3 is 2.39 bits per heavy atom. The minimum Gasteiger partial charge on any atom is -0.388 e. The summed E-state index contributed by atoms with van der Waals surface area (Å²) in [6, 6.07) is 14.0. The second-order valence-electron chi connectivity index (χ2n) is 4.32. The molecule has 0 radical (unpaired) electrons. The molecule has 2 aromatic rings. The first-order valence-corrected chi connectivity index (χ1v) is 7.34. The van der Waals surface area contributed by atoms with E-state index >= 15 is 0 Å². The molecule has 0 saturated carbocycles. The van der Waals surface area contributed by atoms with Crippen LogP contribution in [-0.2, 0) is 6.42 Å². The minimum absolute atomic E-state index is 0.486. The van der Waals surface area contributed by atoms with Crippen LogP contribution >= 0.6 is 31.9 Å². The summed E-state index contributed by atoms with van der Waals surface area (Å²) >= 11 is 6.95. The highest BCUT2D eigenvalue weighted by Crippen LogP contribution is 2.28. The highest BCUT2D eigenvalue weighted by Gasteiger charge is 2.13. The van der Waals surface area contributed by atoms with Gasteiger partial charge in [0.25, 0.3) is 0 Å². The Bertz CT molecular complexity index is 535. The molecule has 1 atom stereocenters. The Labute approximate surface area is 124 Å². The summed E-state index contributed by atoms with van der Waals surface area (Å²) in [5, 5.41) is 10.3. The van der Waals surface area contributed by atoms with Crippen molar-refractivity contribution < 1.29 is 5.11 Å². The minimum atomic E-state index is -0.486. The van der Waals surface area contributed by atoms with Gasteiger partial charge in [-0.3, -0.25) is 0 Å². The molecule has 0 heterocycles. The number of benzene rings is 2. The number of halogens is 2. The normalized spacial score (nSPS) is 12.4. The summed E-state index contributed by atoms with van der Waals surface area (Å²) < 4.78 is 2.05. The molecule has 3 heteroatoms. The van der Waals surface area contributed by atoms with Gasteiger partial charge in [0, 0.05) is 15.4 Å². The fraction of sp³-hybridized carbons (Fsp3) is 0.200. The molecule has 1 nitrogen and oxygen atoms in total. The molecule has 0 aliphatic carbocycles. The molecule has 2 rings (SSSR count). The Hall–Kier alpha value is -0.640. The van der Waals surface area contributed by atoms with E-state index in [-0.39, 0.29) is 0 Å². The van der Waals surface area contributed by atoms with Crippen LogP contribution in [0.3, 0.4) is 0 Å². The monoisotopic (exact) mass is 368 g/mol. The fourth-order valence-electron chi connectivity index (χ4n) is 1.88. The maximum atomic E-state index is 10.3. The van der Waals surface area contributed by atoms with Crippen LogP contribution in [-0.4, -0.2) is 5.11 Å². The molecule has 94 valence electrons. The van der Waals surface area contributed by atoms with Crippen LogP contribution in [0.1, 0.15) is 22.8 Å². The van der Waals surface area contributed by atoms with Gasteiger partial charge in [-0.2, -0.15) is 0 Å². The largest absolute Gasteiger partial charge is 0.388 e. The van der Waals surface area contributed by atoms with E-state index < -0.39 is 6.10 Å². The number of hydrogen-bond acceptors (Lipinski definition) is 1. The van der Waals surface area contributed by atoms with Gasteiger partial charge >= 0.3 is 0 Å². The van der Waals surface area contributed by atoms with E-state index in [0.29, 0.717) is 6.42 Å². The van der Waals surface area contributed by atoms with Crippen molar-refractivity contribution in [3.05, 3.63) is 68.1 Å². The molecule has 18 heavy (non-hydrogen) atoms. The van der Waals surface area contributed by atoms with E-state index in [4.69, 9.17) is 0 Å². The number of rotatable bonds is 3. The van der Waals surface area contributed by atoms with Crippen molar-refractivity contribution in [2.24, 2.45) is 0 Å². The Kier molecular flexibility index (Phi) is 4.60. The van der Waals surface area contributed by atoms with Crippen molar-refractivity contribution in [3.8, 4) is 0 Å². The molecule has 0 bridgehead atoms. The van der Waals surface area contributed by atoms with E-state index in [1.807, 2.05) is 49.4 Å². The average molecular weight is 370 g/mol. The van der Waals surface area contributed by atoms with Crippen LogP contribution < -0.4 is 0 Å². The molecule has 0 amide bonds. The maximum absolute atomic E-state index is 10.3. The van der Waals surface area contributed by atoms with Gasteiger partial charge in [-0.05, 0) is 35.7 Å². The van der Waals surface area contributed by atoms with Gasteiger partial charge in [-0.15, -0.1) is 0 Å². The third-order valence-electron chi connectivity index (χ3n) is 2.92. The lowest BCUT2D eigenvalue weighted by Crippen LogP contribution is -2.03. The third-order valence-corrected chi connectivity index (χ3v) is 4.53. The Morgan fingerprint density at radius 2 is 1.72 bits per heavy atom. The molecule has 1 unspecified atom stereocenters. The summed E-state index contributed by atoms with van der Waals surface area (Å²) in [6.07, 6.45) is 0.135. The summed E-state index contributed by atoms with van der Waals surface area (Å²) in [5.41, 5.74) is 3.21. The van der Waals surface area contributed by atoms with Gasteiger partial charge in [0.05, 0.1) is 6.10 Å². The second kappa shape index (κ2) is 6.00. The molecule has 0 fully saturated rings. The van der Waals surface area contributed by atoms with Crippen molar-refractivity contribution in [1.82, 2.24) is 0 Å². The summed E-state index contributed by atoms with van der Waals surface area (Å²) in [5.74, 6) is 0. The zero-order valence-electron chi connectivity index (χ0n) is 10.0. The highest BCUT2D eigenvalue weighted by molar-refractivity contribution is 9.10. The van der Waals surface area contributed by atoms with Crippen LogP contribution in [0.15, 0.2) is 51.4 Å². The van der Waals surface area contributed by atoms with Gasteiger partial charge in [0.1, 0.15) is 0 Å². The number of aliphatic hydroxyl groups is 1. The lowest BCUT2D eigenvalue weighted by molar-refractivity contribution is 0.177. The molecule has 1 N–H and O–H groups in total. The Balaban J connectivity index is 2.19. The van der Waals surface area contributed by atoms with Crippen LogP contribution in [0.2, 0.25) is 0 Å². The molecule has 0 saturated heterocycles. The average Bonchev–Trinajstić information content (AvgIpc) is 2.35. The number of aryl methyl sites for hydroxylation is 1. The van der Waals surface area contributed by atoms with Crippen molar-refractivity contribution in [3.63, 3.8) is 0 Å². The fourth-order valence-corrected chi connectivity index (χ4v) is 2.67. The molecular weight excluding hydrogens is 356 g/mol. The molecule has 2 aromatic carbocycles. The van der Waals surface area contributed by atoms with Crippen LogP contribution in [0, 0.1) is 6.92 Å². The zero-order valence-corrected chi connectivity index (χ0v) is 13.2. The number of hydrogen-bond donors (Lipinski definition) is 1. The predicted molar refractivity (Wildman–Crippen MR) is 81.7 cm³/mol. The smallest absolute Gasteiger partial charge is 0.0841 e. The zero-order chi connectivity index (χ0) is 13.1. The third kappa shape index (κ3) is 3.22. The lowest BCUT2D eigenvalue weighted by atomic mass is 10.0. The van der Waals surface area contributed by atoms with Gasteiger partial charge in [0.15, 0.2) is 0 Å². The van der Waals surface area contributed by atoms with Gasteiger partial charge < -0.3 is 5.11 Å². The van der Waals surface area contributed by atoms with Gasteiger partial charge in [0.2, 0.25) is 0 Å². The van der Waals surface area contributed by atoms with Gasteiger partial charge in [-0.25, -0.2) is 0 Å². The summed E-state index contributed by atoms with van der Waals surface area (Å²) in [6.45, 7) is 2.03. The second-order valence-corrected chi connectivity index (χ2v) is 6.03. The van der Waals surface area contributed by atoms with Crippen LogP contribution in [0.25, 0.3) is 0 Å². The van der Waals surface area contributed by atoms with Crippen LogP contribution in [0.4, 0.5) is 0 Å². The first kappa shape index (κ1) is 13.8. The van der Waals surface area contributed by atoms with Crippen molar-refractivity contribution >= 4 is 31.9 Å². The lowest BCUT2D eigenvalue weighted by Gasteiger charge is -2.14. The molecule has 0 aliphatic rings. The van der Waals surface area contributed by atoms with Crippen molar-refractivity contribution in [2.75, 3.05) is 0 Å². The first-order chi connectivity index (χ1) is 8.58. The SMILES string of the molecule is Cc1cccc(C(O)Cc2ccc(Br)cc2)c1Br. The quantitative estimate of drug-likeness (QED) is 0.824. The molecule has 0 aromatic heterocycles. The van der Waals surface area contributed by atoms with E-state index in [2.05, 4.69) is 31.9 Å². The number of aliphatic hydroxyl groups excluding tert-OH is 1. The van der Waals surface area contributed by atoms with E-state index in [0.717, 1.165) is 25.6 Å². The van der Waals surface area contributed by atoms with E-state index in [1.54, 1.807) is 0 Å². The Morgan fingerprint density at radius 1 is 1.06 bits per heavy atom. The standard InChI is InChI=1S/C15H14Br2O/c1-10-3-2-4-13(15(10)17)14(18)9-11-5-7-12(16)8-6-11/h2-8,14,18H,9H2,1H3. The summed E-state index contributed by atoms with van der Waals surface area (Å²) in [7, 11) is 0. The first-order valence-electron chi connectivity index (χ1n) is 5.75.